The molecule has 0 aliphatic carbocycles. The van der Waals surface area contributed by atoms with Crippen LogP contribution in [0.2, 0.25) is 0 Å². The Bertz CT molecular complexity index is 685. The molecule has 4 atom stereocenters. The number of carbonyl (C=O) groups excluding carboxylic acids is 1. The molecular formula is C19H27F2N3O4. The van der Waals surface area contributed by atoms with Gasteiger partial charge in [0.25, 0.3) is 0 Å². The Morgan fingerprint density at radius 1 is 1.29 bits per heavy atom. The van der Waals surface area contributed by atoms with Gasteiger partial charge in [-0.25, -0.2) is 13.6 Å². The van der Waals surface area contributed by atoms with Gasteiger partial charge in [0.2, 0.25) is 0 Å². The third-order valence-electron chi connectivity index (χ3n) is 5.52. The van der Waals surface area contributed by atoms with Crippen molar-refractivity contribution < 1.29 is 28.5 Å². The number of anilines is 1. The number of carbonyl (C=O) groups is 1. The monoisotopic (exact) mass is 399 g/mol. The SMILES string of the molecule is CC1CCN([C@H]2[C@H](O)[C@H](CO)O[C@@H]2CNC(=O)Nc2ccc(F)cc2F)CC1. The molecule has 9 heteroatoms. The molecule has 0 saturated carbocycles. The molecule has 2 aliphatic heterocycles. The van der Waals surface area contributed by atoms with Crippen molar-refractivity contribution in [2.24, 2.45) is 5.92 Å². The van der Waals surface area contributed by atoms with E-state index in [-0.39, 0.29) is 24.9 Å². The van der Waals surface area contributed by atoms with Crippen LogP contribution < -0.4 is 10.6 Å². The van der Waals surface area contributed by atoms with Gasteiger partial charge in [-0.2, -0.15) is 0 Å². The molecule has 0 unspecified atom stereocenters. The Labute approximate surface area is 162 Å². The average Bonchev–Trinajstić information content (AvgIpc) is 2.99. The Morgan fingerprint density at radius 2 is 2.00 bits per heavy atom. The molecule has 2 heterocycles. The summed E-state index contributed by atoms with van der Waals surface area (Å²) in [5, 5.41) is 25.0. The van der Waals surface area contributed by atoms with Crippen LogP contribution in [-0.2, 0) is 4.74 Å². The van der Waals surface area contributed by atoms with Gasteiger partial charge in [-0.1, -0.05) is 6.92 Å². The Hall–Kier alpha value is -1.81. The third-order valence-corrected chi connectivity index (χ3v) is 5.52. The molecule has 156 valence electrons. The van der Waals surface area contributed by atoms with Crippen LogP contribution in [0, 0.1) is 17.6 Å². The maximum Gasteiger partial charge on any atom is 0.319 e. The zero-order valence-corrected chi connectivity index (χ0v) is 15.8. The van der Waals surface area contributed by atoms with Crippen LogP contribution in [0.3, 0.4) is 0 Å². The fourth-order valence-electron chi connectivity index (χ4n) is 3.87. The van der Waals surface area contributed by atoms with E-state index in [0.717, 1.165) is 38.1 Å². The van der Waals surface area contributed by atoms with Crippen LogP contribution >= 0.6 is 0 Å². The molecule has 2 amide bonds. The van der Waals surface area contributed by atoms with Gasteiger partial charge in [-0.3, -0.25) is 4.90 Å². The summed E-state index contributed by atoms with van der Waals surface area (Å²) in [6, 6.07) is 1.87. The predicted octanol–water partition coefficient (Wildman–Crippen LogP) is 1.31. The number of rotatable bonds is 5. The van der Waals surface area contributed by atoms with Gasteiger partial charge >= 0.3 is 6.03 Å². The molecule has 28 heavy (non-hydrogen) atoms. The highest BCUT2D eigenvalue weighted by Crippen LogP contribution is 2.29. The lowest BCUT2D eigenvalue weighted by molar-refractivity contribution is -0.0205. The lowest BCUT2D eigenvalue weighted by atomic mass is 9.94. The summed E-state index contributed by atoms with van der Waals surface area (Å²) in [6.07, 6.45) is -0.0597. The maximum absolute atomic E-state index is 13.7. The highest BCUT2D eigenvalue weighted by Gasteiger charge is 2.46. The highest BCUT2D eigenvalue weighted by molar-refractivity contribution is 5.89. The number of urea groups is 1. The lowest BCUT2D eigenvalue weighted by Crippen LogP contribution is -2.53. The first-order chi connectivity index (χ1) is 13.4. The first-order valence-electron chi connectivity index (χ1n) is 9.57. The van der Waals surface area contributed by atoms with Crippen molar-refractivity contribution in [2.45, 2.75) is 44.1 Å². The van der Waals surface area contributed by atoms with E-state index in [0.29, 0.717) is 12.0 Å². The van der Waals surface area contributed by atoms with Crippen molar-refractivity contribution in [3.05, 3.63) is 29.8 Å². The molecule has 2 saturated heterocycles. The van der Waals surface area contributed by atoms with E-state index in [1.165, 1.54) is 0 Å². The number of likely N-dealkylation sites (tertiary alicyclic amines) is 1. The second-order valence-corrected chi connectivity index (χ2v) is 7.55. The number of halogens is 2. The number of aliphatic hydroxyl groups is 2. The molecule has 0 aromatic heterocycles. The van der Waals surface area contributed by atoms with E-state index in [2.05, 4.69) is 22.5 Å². The van der Waals surface area contributed by atoms with Crippen molar-refractivity contribution in [3.8, 4) is 0 Å². The van der Waals surface area contributed by atoms with E-state index in [1.807, 2.05) is 0 Å². The first-order valence-corrected chi connectivity index (χ1v) is 9.57. The number of nitrogens with one attached hydrogen (secondary N) is 2. The minimum atomic E-state index is -0.872. The smallest absolute Gasteiger partial charge is 0.319 e. The van der Waals surface area contributed by atoms with E-state index < -0.39 is 36.0 Å². The number of ether oxygens (including phenoxy) is 1. The van der Waals surface area contributed by atoms with Gasteiger partial charge in [0.05, 0.1) is 24.4 Å². The second-order valence-electron chi connectivity index (χ2n) is 7.55. The van der Waals surface area contributed by atoms with Crippen molar-refractivity contribution in [3.63, 3.8) is 0 Å². The van der Waals surface area contributed by atoms with Crippen molar-refractivity contribution in [1.29, 1.82) is 0 Å². The van der Waals surface area contributed by atoms with Gasteiger partial charge in [-0.15, -0.1) is 0 Å². The summed E-state index contributed by atoms with van der Waals surface area (Å²) in [5.41, 5.74) is -0.138. The summed E-state index contributed by atoms with van der Waals surface area (Å²) in [4.78, 5) is 14.2. The Balaban J connectivity index is 1.59. The molecular weight excluding hydrogens is 372 g/mol. The number of piperidine rings is 1. The van der Waals surface area contributed by atoms with E-state index >= 15 is 0 Å². The van der Waals surface area contributed by atoms with Crippen molar-refractivity contribution >= 4 is 11.7 Å². The first kappa shape index (κ1) is 20.9. The normalized spacial score (nSPS) is 29.0. The Kier molecular flexibility index (Phi) is 6.82. The van der Waals surface area contributed by atoms with Crippen LogP contribution in [0.4, 0.5) is 19.3 Å². The summed E-state index contributed by atoms with van der Waals surface area (Å²) in [5.74, 6) is -0.980. The number of nitrogens with zero attached hydrogens (tertiary/aromatic N) is 1. The quantitative estimate of drug-likeness (QED) is 0.599. The topological polar surface area (TPSA) is 94.1 Å². The van der Waals surface area contributed by atoms with Crippen LogP contribution in [0.25, 0.3) is 0 Å². The minimum Gasteiger partial charge on any atom is -0.394 e. The van der Waals surface area contributed by atoms with Gasteiger partial charge in [-0.05, 0) is 44.0 Å². The minimum absolute atomic E-state index is 0.0823. The number of hydrogen-bond acceptors (Lipinski definition) is 5. The summed E-state index contributed by atoms with van der Waals surface area (Å²) >= 11 is 0. The third kappa shape index (κ3) is 4.78. The molecule has 3 rings (SSSR count). The fourth-order valence-corrected chi connectivity index (χ4v) is 3.87. The van der Waals surface area contributed by atoms with Gasteiger partial charge in [0, 0.05) is 12.6 Å². The molecule has 7 nitrogen and oxygen atoms in total. The molecule has 2 fully saturated rings. The maximum atomic E-state index is 13.7. The lowest BCUT2D eigenvalue weighted by Gasteiger charge is -2.38. The summed E-state index contributed by atoms with van der Waals surface area (Å²) in [7, 11) is 0. The molecule has 4 N–H and O–H groups in total. The van der Waals surface area contributed by atoms with Crippen LogP contribution in [0.15, 0.2) is 18.2 Å². The number of benzene rings is 1. The van der Waals surface area contributed by atoms with Crippen molar-refractivity contribution in [1.82, 2.24) is 10.2 Å². The van der Waals surface area contributed by atoms with E-state index in [4.69, 9.17) is 4.74 Å². The number of hydrogen-bond donors (Lipinski definition) is 4. The van der Waals surface area contributed by atoms with Gasteiger partial charge in [0.15, 0.2) is 0 Å². The number of amides is 2. The standard InChI is InChI=1S/C19H27F2N3O4/c1-11-4-6-24(7-5-11)17-15(28-16(10-25)18(17)26)9-22-19(27)23-14-3-2-12(20)8-13(14)21/h2-3,8,11,15-18,25-26H,4-7,9-10H2,1H3,(H2,22,23,27)/t15-,16+,17-,18-/m1/s1. The van der Waals surface area contributed by atoms with E-state index in [9.17, 15) is 23.8 Å². The highest BCUT2D eigenvalue weighted by atomic mass is 19.1. The van der Waals surface area contributed by atoms with Crippen LogP contribution in [-0.4, -0.2) is 71.7 Å². The van der Waals surface area contributed by atoms with Crippen molar-refractivity contribution in [2.75, 3.05) is 31.6 Å². The Morgan fingerprint density at radius 3 is 2.64 bits per heavy atom. The molecule has 0 spiro atoms. The summed E-state index contributed by atoms with van der Waals surface area (Å²) in [6.45, 7) is 3.58. The molecule has 1 aromatic rings. The van der Waals surface area contributed by atoms with Gasteiger partial charge in [0.1, 0.15) is 23.8 Å². The van der Waals surface area contributed by atoms with Crippen LogP contribution in [0.1, 0.15) is 19.8 Å². The molecule has 0 bridgehead atoms. The molecule has 1 aromatic carbocycles. The van der Waals surface area contributed by atoms with Crippen LogP contribution in [0.5, 0.6) is 0 Å². The van der Waals surface area contributed by atoms with Gasteiger partial charge < -0.3 is 25.6 Å². The molecule has 0 radical (unpaired) electrons. The zero-order valence-electron chi connectivity index (χ0n) is 15.8. The zero-order chi connectivity index (χ0) is 20.3. The predicted molar refractivity (Wildman–Crippen MR) is 98.9 cm³/mol. The van der Waals surface area contributed by atoms with E-state index in [1.54, 1.807) is 0 Å². The molecule has 2 aliphatic rings. The number of aliphatic hydroxyl groups excluding tert-OH is 2. The largest absolute Gasteiger partial charge is 0.394 e. The fraction of sp³-hybridized carbons (Fsp3) is 0.632. The average molecular weight is 399 g/mol. The summed E-state index contributed by atoms with van der Waals surface area (Å²) < 4.78 is 32.4. The second kappa shape index (κ2) is 9.13.